The predicted octanol–water partition coefficient (Wildman–Crippen LogP) is 3.34. The number of phosphoric ester groups is 1. The van der Waals surface area contributed by atoms with Gasteiger partial charge in [0.05, 0.1) is 20.8 Å². The number of aliphatic hydroxyl groups excluding tert-OH is 1. The number of alkyl halides is 2. The summed E-state index contributed by atoms with van der Waals surface area (Å²) < 4.78 is 77.0. The Hall–Kier alpha value is -4.58. The van der Waals surface area contributed by atoms with Crippen LogP contribution in [-0.2, 0) is 31.8 Å². The van der Waals surface area contributed by atoms with Crippen LogP contribution >= 0.6 is 7.82 Å². The Bertz CT molecular complexity index is 1840. The first-order valence-electron chi connectivity index (χ1n) is 13.6. The Morgan fingerprint density at radius 3 is 2.49 bits per heavy atom. The van der Waals surface area contributed by atoms with Gasteiger partial charge in [0.2, 0.25) is 6.23 Å². The molecule has 0 aliphatic carbocycles. The van der Waals surface area contributed by atoms with Gasteiger partial charge in [-0.15, -0.1) is 0 Å². The minimum Gasteiger partial charge on any atom is -0.497 e. The molecule has 5 rings (SSSR count). The van der Waals surface area contributed by atoms with E-state index in [2.05, 4.69) is 14.8 Å². The lowest BCUT2D eigenvalue weighted by atomic mass is 10.1. The quantitative estimate of drug-likeness (QED) is 0.158. The largest absolute Gasteiger partial charge is 0.497 e. The number of furan rings is 1. The first kappa shape index (κ1) is 33.8. The van der Waals surface area contributed by atoms with Gasteiger partial charge >= 0.3 is 25.5 Å². The third kappa shape index (κ3) is 7.87. The normalized spacial score (nSPS) is 19.0. The zero-order valence-corrected chi connectivity index (χ0v) is 25.5. The van der Waals surface area contributed by atoms with E-state index in [9.17, 15) is 28.0 Å². The van der Waals surface area contributed by atoms with Crippen LogP contribution in [0.15, 0.2) is 63.9 Å². The number of benzene rings is 2. The Morgan fingerprint density at radius 2 is 1.83 bits per heavy atom. The van der Waals surface area contributed by atoms with Crippen molar-refractivity contribution >= 4 is 30.7 Å². The number of hydrogen-bond acceptors (Lipinski definition) is 12. The lowest BCUT2D eigenvalue weighted by Gasteiger charge is -2.21. The van der Waals surface area contributed by atoms with E-state index in [1.807, 2.05) is 12.1 Å². The van der Waals surface area contributed by atoms with Gasteiger partial charge in [0.15, 0.2) is 17.4 Å². The van der Waals surface area contributed by atoms with Crippen LogP contribution in [0.25, 0.3) is 11.0 Å². The zero-order chi connectivity index (χ0) is 33.9. The average Bonchev–Trinajstić information content (AvgIpc) is 3.54. The van der Waals surface area contributed by atoms with Crippen molar-refractivity contribution in [1.82, 2.24) is 9.55 Å². The van der Waals surface area contributed by atoms with E-state index in [1.54, 1.807) is 37.4 Å². The third-order valence-corrected chi connectivity index (χ3v) is 7.32. The molecule has 2 aromatic heterocycles. The van der Waals surface area contributed by atoms with Crippen molar-refractivity contribution in [3.05, 3.63) is 76.5 Å². The number of phosphoric acid groups is 1. The summed E-state index contributed by atoms with van der Waals surface area (Å²) in [5.74, 6) is -2.18. The summed E-state index contributed by atoms with van der Waals surface area (Å²) in [6.45, 7) is -1.12. The summed E-state index contributed by atoms with van der Waals surface area (Å²) >= 11 is 0. The molecular formula is C28H28F2N3O13P. The Morgan fingerprint density at radius 1 is 1.09 bits per heavy atom. The van der Waals surface area contributed by atoms with Gasteiger partial charge in [-0.05, 0) is 35.9 Å². The van der Waals surface area contributed by atoms with Gasteiger partial charge in [-0.1, -0.05) is 12.1 Å². The van der Waals surface area contributed by atoms with E-state index in [0.29, 0.717) is 38.7 Å². The van der Waals surface area contributed by atoms with Crippen LogP contribution in [0.2, 0.25) is 0 Å². The number of nitrogens with zero attached hydrogens (tertiary/aromatic N) is 2. The standard InChI is InChI=1S/C28H28F2N3O13P/c1-40-18-9-16-10-19(45-23(16)20(11-18)41-2)13-42-17-5-3-15(4-6-17)12-43-27(36)32-22-7-8-33(26(35)31-22)25-28(29,30)24(34)21(46-25)14-44-47(37,38)39/h3-11,21,24-25,34H,12-14H2,1-2H3,(H2,37,38,39)(H,31,32,35,36)/t21-,24-,25-/m1/s1. The maximum absolute atomic E-state index is 14.6. The van der Waals surface area contributed by atoms with Crippen molar-refractivity contribution in [3.8, 4) is 17.2 Å². The second-order valence-corrected chi connectivity index (χ2v) is 11.3. The number of fused-ring (bicyclic) bond motifs is 1. The van der Waals surface area contributed by atoms with Crippen molar-refractivity contribution in [2.75, 3.05) is 26.1 Å². The minimum absolute atomic E-state index is 0.126. The number of hydrogen-bond donors (Lipinski definition) is 4. The molecule has 0 unspecified atom stereocenters. The van der Waals surface area contributed by atoms with Gasteiger partial charge in [-0.3, -0.25) is 14.4 Å². The fraction of sp³-hybridized carbons (Fsp3) is 0.321. The average molecular weight is 684 g/mol. The number of rotatable bonds is 12. The number of nitrogens with one attached hydrogen (secondary N) is 1. The molecule has 4 aromatic rings. The predicted molar refractivity (Wildman–Crippen MR) is 155 cm³/mol. The first-order chi connectivity index (χ1) is 22.3. The molecule has 252 valence electrons. The van der Waals surface area contributed by atoms with Gasteiger partial charge in [0.1, 0.15) is 42.4 Å². The van der Waals surface area contributed by atoms with Crippen LogP contribution in [0.1, 0.15) is 17.6 Å². The number of carbonyl (C=O) groups excluding carboxylic acids is 1. The van der Waals surface area contributed by atoms with E-state index in [-0.39, 0.29) is 19.0 Å². The fourth-order valence-corrected chi connectivity index (χ4v) is 4.89. The lowest BCUT2D eigenvalue weighted by molar-refractivity contribution is -0.140. The molecule has 2 aromatic carbocycles. The van der Waals surface area contributed by atoms with Crippen LogP contribution in [0.5, 0.6) is 17.2 Å². The van der Waals surface area contributed by atoms with Crippen molar-refractivity contribution in [3.63, 3.8) is 0 Å². The summed E-state index contributed by atoms with van der Waals surface area (Å²) in [6.07, 6.45) is -6.96. The zero-order valence-electron chi connectivity index (χ0n) is 24.6. The van der Waals surface area contributed by atoms with Gasteiger partial charge in [0, 0.05) is 17.6 Å². The number of aliphatic hydroxyl groups is 1. The second kappa shape index (κ2) is 13.6. The highest BCUT2D eigenvalue weighted by molar-refractivity contribution is 7.46. The first-order valence-corrected chi connectivity index (χ1v) is 15.1. The number of ether oxygens (including phenoxy) is 5. The van der Waals surface area contributed by atoms with Crippen LogP contribution in [0, 0.1) is 0 Å². The van der Waals surface area contributed by atoms with Crippen molar-refractivity contribution in [1.29, 1.82) is 0 Å². The number of halogens is 2. The van der Waals surface area contributed by atoms with Crippen LogP contribution in [-0.4, -0.2) is 69.5 Å². The molecule has 16 nitrogen and oxygen atoms in total. The number of anilines is 1. The highest BCUT2D eigenvalue weighted by Gasteiger charge is 2.60. The molecule has 1 saturated heterocycles. The topological polar surface area (TPSA) is 210 Å². The number of methoxy groups -OCH3 is 2. The third-order valence-electron chi connectivity index (χ3n) is 6.84. The van der Waals surface area contributed by atoms with Crippen molar-refractivity contribution in [2.45, 2.75) is 37.6 Å². The molecule has 0 bridgehead atoms. The summed E-state index contributed by atoms with van der Waals surface area (Å²) in [6, 6.07) is 13.0. The number of amides is 1. The highest BCUT2D eigenvalue weighted by Crippen LogP contribution is 2.44. The highest BCUT2D eigenvalue weighted by atomic mass is 31.2. The summed E-state index contributed by atoms with van der Waals surface area (Å²) in [7, 11) is -1.96. The van der Waals surface area contributed by atoms with Crippen LogP contribution < -0.4 is 25.2 Å². The van der Waals surface area contributed by atoms with E-state index >= 15 is 0 Å². The van der Waals surface area contributed by atoms with Crippen LogP contribution in [0.4, 0.5) is 19.4 Å². The molecule has 0 saturated carbocycles. The summed E-state index contributed by atoms with van der Waals surface area (Å²) in [5, 5.41) is 12.9. The number of carbonyl (C=O) groups is 1. The molecule has 1 fully saturated rings. The Labute approximate surface area is 263 Å². The molecule has 0 spiro atoms. The van der Waals surface area contributed by atoms with Gasteiger partial charge in [0.25, 0.3) is 0 Å². The summed E-state index contributed by atoms with van der Waals surface area (Å²) in [4.78, 5) is 45.8. The maximum Gasteiger partial charge on any atom is 0.469 e. The summed E-state index contributed by atoms with van der Waals surface area (Å²) in [5.41, 5.74) is -0.137. The van der Waals surface area contributed by atoms with Crippen molar-refractivity contribution in [2.24, 2.45) is 0 Å². The second-order valence-electron chi connectivity index (χ2n) is 10.0. The molecule has 3 heterocycles. The van der Waals surface area contributed by atoms with Crippen molar-refractivity contribution < 1.29 is 65.7 Å². The molecule has 1 aliphatic rings. The molecule has 3 atom stereocenters. The molecule has 1 amide bonds. The van der Waals surface area contributed by atoms with Crippen LogP contribution in [0.3, 0.4) is 0 Å². The maximum atomic E-state index is 14.6. The molecule has 0 radical (unpaired) electrons. The molecular weight excluding hydrogens is 655 g/mol. The molecule has 19 heteroatoms. The smallest absolute Gasteiger partial charge is 0.469 e. The number of aromatic nitrogens is 2. The Balaban J connectivity index is 1.12. The molecule has 4 N–H and O–H groups in total. The van der Waals surface area contributed by atoms with E-state index < -0.39 is 50.6 Å². The Kier molecular flexibility index (Phi) is 9.81. The van der Waals surface area contributed by atoms with E-state index in [0.717, 1.165) is 17.6 Å². The lowest BCUT2D eigenvalue weighted by Crippen LogP contribution is -2.42. The monoisotopic (exact) mass is 683 g/mol. The minimum atomic E-state index is -5.04. The fourth-order valence-electron chi connectivity index (χ4n) is 4.55. The van der Waals surface area contributed by atoms with Gasteiger partial charge in [-0.25, -0.2) is 14.2 Å². The van der Waals surface area contributed by atoms with Gasteiger partial charge in [-0.2, -0.15) is 13.8 Å². The van der Waals surface area contributed by atoms with Gasteiger partial charge < -0.3 is 43.0 Å². The molecule has 1 aliphatic heterocycles. The SMILES string of the molecule is COc1cc(OC)c2oc(COc3ccc(COC(=O)Nc4ccn([C@@H]5O[C@H](COP(=O)(O)O)[C@@H](O)C5(F)F)c(=O)n4)cc3)cc2c1. The molecule has 47 heavy (non-hydrogen) atoms. The van der Waals surface area contributed by atoms with E-state index in [1.165, 1.54) is 7.11 Å². The van der Waals surface area contributed by atoms with E-state index in [4.69, 9.17) is 37.9 Å².